The van der Waals surface area contributed by atoms with E-state index in [1.54, 1.807) is 33.5 Å². The van der Waals surface area contributed by atoms with Crippen LogP contribution in [0.4, 0.5) is 0 Å². The number of piperazine rings is 1. The molecular weight excluding hydrogens is 499 g/mol. The van der Waals surface area contributed by atoms with Gasteiger partial charge < -0.3 is 14.2 Å². The van der Waals surface area contributed by atoms with E-state index in [4.69, 9.17) is 14.2 Å². The Morgan fingerprint density at radius 2 is 1.22 bits per heavy atom. The van der Waals surface area contributed by atoms with Crippen LogP contribution in [0.1, 0.15) is 27.5 Å². The number of carbonyl (C=O) groups excluding carboxylic acids is 1. The molecule has 0 N–H and O–H groups in total. The molecule has 0 bridgehead atoms. The molecule has 1 heterocycles. The maximum absolute atomic E-state index is 13.3. The van der Waals surface area contributed by atoms with Gasteiger partial charge in [-0.15, -0.1) is 24.8 Å². The van der Waals surface area contributed by atoms with E-state index in [1.165, 1.54) is 11.1 Å². The van der Waals surface area contributed by atoms with Gasteiger partial charge in [0.2, 0.25) is 0 Å². The van der Waals surface area contributed by atoms with Gasteiger partial charge in [-0.3, -0.25) is 14.6 Å². The molecule has 0 spiro atoms. The van der Waals surface area contributed by atoms with Crippen molar-refractivity contribution < 1.29 is 19.0 Å². The second kappa shape index (κ2) is 14.1. The summed E-state index contributed by atoms with van der Waals surface area (Å²) in [6, 6.07) is 24.9. The Morgan fingerprint density at radius 1 is 0.750 bits per heavy atom. The molecule has 0 saturated carbocycles. The molecule has 6 nitrogen and oxygen atoms in total. The number of carbonyl (C=O) groups is 1. The van der Waals surface area contributed by atoms with Gasteiger partial charge in [0.1, 0.15) is 22.8 Å². The van der Waals surface area contributed by atoms with Crippen LogP contribution in [0.3, 0.4) is 0 Å². The van der Waals surface area contributed by atoms with Crippen molar-refractivity contribution in [3.8, 4) is 17.2 Å². The van der Waals surface area contributed by atoms with Crippen molar-refractivity contribution in [2.75, 3.05) is 54.1 Å². The highest BCUT2D eigenvalue weighted by molar-refractivity contribution is 6.03. The lowest BCUT2D eigenvalue weighted by molar-refractivity contribution is 0.0803. The predicted octanol–water partition coefficient (Wildman–Crippen LogP) is 5.15. The Morgan fingerprint density at radius 3 is 1.64 bits per heavy atom. The molecule has 36 heavy (non-hydrogen) atoms. The average molecular weight is 533 g/mol. The molecule has 4 rings (SSSR count). The molecule has 0 aromatic heterocycles. The normalized spacial score (nSPS) is 13.9. The maximum Gasteiger partial charge on any atom is 0.184 e. The fraction of sp³-hybridized carbons (Fsp3) is 0.321. The minimum Gasteiger partial charge on any atom is -0.496 e. The van der Waals surface area contributed by atoms with Crippen LogP contribution in [0.25, 0.3) is 0 Å². The minimum atomic E-state index is -0.0209. The van der Waals surface area contributed by atoms with E-state index in [-0.39, 0.29) is 36.6 Å². The van der Waals surface area contributed by atoms with Crippen molar-refractivity contribution in [2.45, 2.75) is 6.04 Å². The standard InChI is InChI=1S/C28H32N2O4.2ClH/c1-32-23-18-25(33-2)27(26(19-23)34-3)24(31)20-29-14-16-30(17-15-29)28(21-10-6-4-7-11-21)22-12-8-5-9-13-22;;/h4-13,18-19,28H,14-17,20H2,1-3H3;2*1H. The van der Waals surface area contributed by atoms with Crippen molar-refractivity contribution >= 4 is 30.6 Å². The summed E-state index contributed by atoms with van der Waals surface area (Å²) in [4.78, 5) is 18.0. The van der Waals surface area contributed by atoms with Gasteiger partial charge in [-0.05, 0) is 11.1 Å². The van der Waals surface area contributed by atoms with E-state index in [2.05, 4.69) is 70.5 Å². The predicted molar refractivity (Wildman–Crippen MR) is 148 cm³/mol. The summed E-state index contributed by atoms with van der Waals surface area (Å²) in [5.41, 5.74) is 3.02. The number of rotatable bonds is 9. The summed E-state index contributed by atoms with van der Waals surface area (Å²) in [7, 11) is 4.68. The number of hydrogen-bond donors (Lipinski definition) is 0. The SMILES string of the molecule is COc1cc(OC)c(C(=O)CN2CCN(C(c3ccccc3)c3ccccc3)CC2)c(OC)c1.Cl.Cl. The van der Waals surface area contributed by atoms with E-state index < -0.39 is 0 Å². The number of ether oxygens (including phenoxy) is 3. The molecular formula is C28H34Cl2N2O4. The summed E-state index contributed by atoms with van der Waals surface area (Å²) in [5, 5.41) is 0. The van der Waals surface area contributed by atoms with Crippen molar-refractivity contribution in [1.82, 2.24) is 9.80 Å². The molecule has 0 atom stereocenters. The fourth-order valence-corrected chi connectivity index (χ4v) is 4.63. The van der Waals surface area contributed by atoms with Gasteiger partial charge in [-0.2, -0.15) is 0 Å². The lowest BCUT2D eigenvalue weighted by Gasteiger charge is -2.39. The molecule has 3 aromatic carbocycles. The van der Waals surface area contributed by atoms with Crippen LogP contribution in [0.2, 0.25) is 0 Å². The van der Waals surface area contributed by atoms with E-state index in [0.29, 0.717) is 29.4 Å². The van der Waals surface area contributed by atoms with Gasteiger partial charge in [-0.1, -0.05) is 60.7 Å². The van der Waals surface area contributed by atoms with Crippen molar-refractivity contribution in [1.29, 1.82) is 0 Å². The molecule has 8 heteroatoms. The first-order chi connectivity index (χ1) is 16.6. The first-order valence-corrected chi connectivity index (χ1v) is 11.5. The third kappa shape index (κ3) is 6.71. The Balaban J connectivity index is 0.00000228. The average Bonchev–Trinajstić information content (AvgIpc) is 2.90. The van der Waals surface area contributed by atoms with Gasteiger partial charge in [-0.25, -0.2) is 0 Å². The molecule has 0 aliphatic carbocycles. The summed E-state index contributed by atoms with van der Waals surface area (Å²) < 4.78 is 16.3. The summed E-state index contributed by atoms with van der Waals surface area (Å²) in [6.45, 7) is 3.68. The van der Waals surface area contributed by atoms with Crippen molar-refractivity contribution in [2.24, 2.45) is 0 Å². The zero-order chi connectivity index (χ0) is 23.9. The highest BCUT2D eigenvalue weighted by Crippen LogP contribution is 2.35. The van der Waals surface area contributed by atoms with Crippen LogP contribution in [0.15, 0.2) is 72.8 Å². The highest BCUT2D eigenvalue weighted by atomic mass is 35.5. The lowest BCUT2D eigenvalue weighted by Crippen LogP contribution is -2.49. The molecule has 1 saturated heterocycles. The number of hydrogen-bond acceptors (Lipinski definition) is 6. The number of nitrogens with zero attached hydrogens (tertiary/aromatic N) is 2. The Labute approximate surface area is 226 Å². The summed E-state index contributed by atoms with van der Waals surface area (Å²) >= 11 is 0. The Bertz CT molecular complexity index is 1030. The van der Waals surface area contributed by atoms with E-state index >= 15 is 0 Å². The lowest BCUT2D eigenvalue weighted by atomic mass is 9.96. The summed E-state index contributed by atoms with van der Waals surface area (Å²) in [6.07, 6.45) is 0. The first-order valence-electron chi connectivity index (χ1n) is 11.5. The third-order valence-corrected chi connectivity index (χ3v) is 6.36. The quantitative estimate of drug-likeness (QED) is 0.355. The molecule has 194 valence electrons. The Kier molecular flexibility index (Phi) is 11.5. The molecule has 1 aliphatic heterocycles. The van der Waals surface area contributed by atoms with Gasteiger partial charge in [0, 0.05) is 38.3 Å². The number of Topliss-reactive ketones (excluding diaryl/α,β-unsaturated/α-hetero) is 1. The number of ketones is 1. The first kappa shape index (κ1) is 29.5. The largest absolute Gasteiger partial charge is 0.496 e. The Hall–Kier alpha value is -2.77. The summed E-state index contributed by atoms with van der Waals surface area (Å²) in [5.74, 6) is 1.50. The second-order valence-electron chi connectivity index (χ2n) is 8.37. The minimum absolute atomic E-state index is 0. The third-order valence-electron chi connectivity index (χ3n) is 6.36. The van der Waals surface area contributed by atoms with Crippen LogP contribution in [-0.2, 0) is 0 Å². The van der Waals surface area contributed by atoms with E-state index in [9.17, 15) is 4.79 Å². The van der Waals surface area contributed by atoms with Gasteiger partial charge in [0.25, 0.3) is 0 Å². The number of methoxy groups -OCH3 is 3. The van der Waals surface area contributed by atoms with Gasteiger partial charge in [0.15, 0.2) is 5.78 Å². The fourth-order valence-electron chi connectivity index (χ4n) is 4.63. The number of benzene rings is 3. The van der Waals surface area contributed by atoms with E-state index in [0.717, 1.165) is 26.2 Å². The molecule has 0 unspecified atom stereocenters. The molecule has 0 radical (unpaired) electrons. The molecule has 3 aromatic rings. The van der Waals surface area contributed by atoms with Crippen LogP contribution in [0, 0.1) is 0 Å². The van der Waals surface area contributed by atoms with Gasteiger partial charge >= 0.3 is 0 Å². The topological polar surface area (TPSA) is 51.2 Å². The highest BCUT2D eigenvalue weighted by Gasteiger charge is 2.28. The van der Waals surface area contributed by atoms with Crippen molar-refractivity contribution in [3.63, 3.8) is 0 Å². The molecule has 1 aliphatic rings. The van der Waals surface area contributed by atoms with E-state index in [1.807, 2.05) is 0 Å². The van der Waals surface area contributed by atoms with Crippen LogP contribution < -0.4 is 14.2 Å². The monoisotopic (exact) mass is 532 g/mol. The van der Waals surface area contributed by atoms with Gasteiger partial charge in [0.05, 0.1) is 33.9 Å². The zero-order valence-corrected chi connectivity index (χ0v) is 22.5. The van der Waals surface area contributed by atoms with Crippen LogP contribution in [-0.4, -0.2) is 69.6 Å². The van der Waals surface area contributed by atoms with Crippen LogP contribution >= 0.6 is 24.8 Å². The second-order valence-corrected chi connectivity index (χ2v) is 8.37. The smallest absolute Gasteiger partial charge is 0.184 e. The van der Waals surface area contributed by atoms with Crippen molar-refractivity contribution in [3.05, 3.63) is 89.5 Å². The maximum atomic E-state index is 13.3. The zero-order valence-electron chi connectivity index (χ0n) is 20.9. The number of halogens is 2. The molecule has 1 fully saturated rings. The molecule has 0 amide bonds. The van der Waals surface area contributed by atoms with Crippen LogP contribution in [0.5, 0.6) is 17.2 Å².